The van der Waals surface area contributed by atoms with Crippen molar-refractivity contribution in [2.45, 2.75) is 12.8 Å². The molecule has 1 atom stereocenters. The van der Waals surface area contributed by atoms with E-state index < -0.39 is 6.09 Å². The first-order valence-electron chi connectivity index (χ1n) is 4.14. The summed E-state index contributed by atoms with van der Waals surface area (Å²) in [4.78, 5) is 21.5. The highest BCUT2D eigenvalue weighted by atomic mass is 16.4. The van der Waals surface area contributed by atoms with Gasteiger partial charge in [0.15, 0.2) is 0 Å². The second kappa shape index (κ2) is 4.08. The van der Waals surface area contributed by atoms with E-state index in [0.29, 0.717) is 18.0 Å². The second-order valence-corrected chi connectivity index (χ2v) is 3.07. The van der Waals surface area contributed by atoms with Gasteiger partial charge in [-0.3, -0.25) is 4.79 Å². The van der Waals surface area contributed by atoms with Gasteiger partial charge in [0.1, 0.15) is 0 Å². The van der Waals surface area contributed by atoms with Gasteiger partial charge < -0.3 is 10.4 Å². The first kappa shape index (κ1) is 9.79. The smallest absolute Gasteiger partial charge is 0.421 e. The van der Waals surface area contributed by atoms with E-state index in [4.69, 9.17) is 10.9 Å². The first-order chi connectivity index (χ1) is 6.11. The van der Waals surface area contributed by atoms with E-state index in [2.05, 4.69) is 5.32 Å². The monoisotopic (exact) mass is 187 g/mol. The third kappa shape index (κ3) is 2.59. The van der Waals surface area contributed by atoms with Crippen LogP contribution in [0.15, 0.2) is 0 Å². The number of amides is 2. The molecule has 13 heavy (non-hydrogen) atoms. The summed E-state index contributed by atoms with van der Waals surface area (Å²) in [6, 6.07) is 0. The van der Waals surface area contributed by atoms with Crippen molar-refractivity contribution in [1.29, 1.82) is 0 Å². The van der Waals surface area contributed by atoms with E-state index in [0.717, 1.165) is 6.42 Å². The molecule has 0 bridgehead atoms. The number of piperidine rings is 1. The molecule has 0 aromatic heterocycles. The minimum atomic E-state index is -1.21. The highest BCUT2D eigenvalue weighted by molar-refractivity contribution is 5.80. The lowest BCUT2D eigenvalue weighted by atomic mass is 9.99. The lowest BCUT2D eigenvalue weighted by molar-refractivity contribution is -0.127. The van der Waals surface area contributed by atoms with Gasteiger partial charge in [-0.2, -0.15) is 0 Å². The van der Waals surface area contributed by atoms with Crippen LogP contribution in [0.1, 0.15) is 12.8 Å². The molecule has 4 N–H and O–H groups in total. The summed E-state index contributed by atoms with van der Waals surface area (Å²) in [5, 5.41) is 11.8. The molecule has 1 fully saturated rings. The first-order valence-corrected chi connectivity index (χ1v) is 4.14. The maximum absolute atomic E-state index is 11.2. The fourth-order valence-electron chi connectivity index (χ4n) is 1.33. The SMILES string of the molecule is NN(CC1CCCNC1=O)C(=O)O. The molecule has 0 saturated carbocycles. The molecule has 1 aliphatic rings. The molecule has 1 aliphatic heterocycles. The van der Waals surface area contributed by atoms with Crippen LogP contribution in [0, 0.1) is 5.92 Å². The van der Waals surface area contributed by atoms with Gasteiger partial charge in [-0.1, -0.05) is 0 Å². The number of hydrogen-bond donors (Lipinski definition) is 3. The topological polar surface area (TPSA) is 95.7 Å². The predicted molar refractivity (Wildman–Crippen MR) is 44.7 cm³/mol. The summed E-state index contributed by atoms with van der Waals surface area (Å²) in [6.07, 6.45) is 0.370. The molecule has 1 unspecified atom stereocenters. The van der Waals surface area contributed by atoms with Crippen molar-refractivity contribution < 1.29 is 14.7 Å². The fourth-order valence-corrected chi connectivity index (χ4v) is 1.33. The number of nitrogens with zero attached hydrogens (tertiary/aromatic N) is 1. The summed E-state index contributed by atoms with van der Waals surface area (Å²) in [5.41, 5.74) is 0. The zero-order valence-electron chi connectivity index (χ0n) is 7.19. The van der Waals surface area contributed by atoms with Gasteiger partial charge >= 0.3 is 6.09 Å². The van der Waals surface area contributed by atoms with Crippen LogP contribution in [0.3, 0.4) is 0 Å². The van der Waals surface area contributed by atoms with E-state index in [1.54, 1.807) is 0 Å². The summed E-state index contributed by atoms with van der Waals surface area (Å²) < 4.78 is 0. The van der Waals surface area contributed by atoms with E-state index in [9.17, 15) is 9.59 Å². The molecule has 1 heterocycles. The normalized spacial score (nSPS) is 22.2. The van der Waals surface area contributed by atoms with E-state index in [1.807, 2.05) is 0 Å². The average molecular weight is 187 g/mol. The summed E-state index contributed by atoms with van der Waals surface area (Å²) >= 11 is 0. The number of carbonyl (C=O) groups is 2. The Labute approximate surface area is 75.7 Å². The number of hydrogen-bond acceptors (Lipinski definition) is 3. The molecular formula is C7H13N3O3. The molecule has 74 valence electrons. The van der Waals surface area contributed by atoms with Gasteiger partial charge in [0, 0.05) is 6.54 Å². The Bertz CT molecular complexity index is 219. The lowest BCUT2D eigenvalue weighted by Crippen LogP contribution is -2.46. The zero-order chi connectivity index (χ0) is 9.84. The number of carboxylic acid groups (broad SMARTS) is 1. The van der Waals surface area contributed by atoms with Crippen molar-refractivity contribution in [3.8, 4) is 0 Å². The molecule has 0 spiro atoms. The molecule has 0 aliphatic carbocycles. The van der Waals surface area contributed by atoms with Crippen molar-refractivity contribution in [3.63, 3.8) is 0 Å². The van der Waals surface area contributed by atoms with Crippen LogP contribution in [0.5, 0.6) is 0 Å². The Kier molecular flexibility index (Phi) is 3.07. The Hall–Kier alpha value is -1.30. The van der Waals surface area contributed by atoms with Crippen LogP contribution in [0.25, 0.3) is 0 Å². The third-order valence-corrected chi connectivity index (χ3v) is 2.06. The van der Waals surface area contributed by atoms with Crippen LogP contribution in [0.2, 0.25) is 0 Å². The highest BCUT2D eigenvalue weighted by Gasteiger charge is 2.24. The summed E-state index contributed by atoms with van der Waals surface area (Å²) in [7, 11) is 0. The molecule has 6 heteroatoms. The number of rotatable bonds is 2. The van der Waals surface area contributed by atoms with Gasteiger partial charge in [-0.25, -0.2) is 15.6 Å². The maximum Gasteiger partial charge on any atom is 0.421 e. The van der Waals surface area contributed by atoms with Crippen molar-refractivity contribution >= 4 is 12.0 Å². The van der Waals surface area contributed by atoms with Crippen LogP contribution in [0.4, 0.5) is 4.79 Å². The number of nitrogens with two attached hydrogens (primary N) is 1. The lowest BCUT2D eigenvalue weighted by Gasteiger charge is -2.24. The fraction of sp³-hybridized carbons (Fsp3) is 0.714. The van der Waals surface area contributed by atoms with Crippen molar-refractivity contribution in [2.75, 3.05) is 13.1 Å². The van der Waals surface area contributed by atoms with Crippen molar-refractivity contribution in [3.05, 3.63) is 0 Å². The quantitative estimate of drug-likeness (QED) is 0.304. The van der Waals surface area contributed by atoms with Crippen LogP contribution < -0.4 is 11.2 Å². The number of hydrazine groups is 1. The molecule has 6 nitrogen and oxygen atoms in total. The highest BCUT2D eigenvalue weighted by Crippen LogP contribution is 2.11. The minimum absolute atomic E-state index is 0.0706. The zero-order valence-corrected chi connectivity index (χ0v) is 7.19. The number of carbonyl (C=O) groups excluding carboxylic acids is 1. The number of nitrogens with one attached hydrogen (secondary N) is 1. The van der Waals surface area contributed by atoms with Gasteiger partial charge in [-0.05, 0) is 12.8 Å². The van der Waals surface area contributed by atoms with Crippen LogP contribution in [-0.4, -0.2) is 35.2 Å². The maximum atomic E-state index is 11.2. The van der Waals surface area contributed by atoms with Gasteiger partial charge in [-0.15, -0.1) is 0 Å². The largest absolute Gasteiger partial charge is 0.464 e. The molecule has 0 radical (unpaired) electrons. The molecule has 0 aromatic rings. The average Bonchev–Trinajstić information content (AvgIpc) is 2.08. The van der Waals surface area contributed by atoms with E-state index >= 15 is 0 Å². The van der Waals surface area contributed by atoms with Gasteiger partial charge in [0.2, 0.25) is 5.91 Å². The van der Waals surface area contributed by atoms with E-state index in [-0.39, 0.29) is 18.4 Å². The second-order valence-electron chi connectivity index (χ2n) is 3.07. The van der Waals surface area contributed by atoms with Gasteiger partial charge in [0.05, 0.1) is 12.5 Å². The van der Waals surface area contributed by atoms with Crippen molar-refractivity contribution in [2.24, 2.45) is 11.8 Å². The Morgan fingerprint density at radius 3 is 3.00 bits per heavy atom. The predicted octanol–water partition coefficient (Wildman–Crippen LogP) is -0.634. The minimum Gasteiger partial charge on any atom is -0.464 e. The summed E-state index contributed by atoms with van der Waals surface area (Å²) in [5.74, 6) is 4.76. The third-order valence-electron chi connectivity index (χ3n) is 2.06. The molecule has 1 saturated heterocycles. The molecule has 0 aromatic carbocycles. The van der Waals surface area contributed by atoms with Gasteiger partial charge in [0.25, 0.3) is 0 Å². The van der Waals surface area contributed by atoms with Crippen molar-refractivity contribution in [1.82, 2.24) is 10.3 Å². The Balaban J connectivity index is 2.42. The van der Waals surface area contributed by atoms with E-state index in [1.165, 1.54) is 0 Å². The van der Waals surface area contributed by atoms with Crippen LogP contribution in [-0.2, 0) is 4.79 Å². The molecule has 1 rings (SSSR count). The Morgan fingerprint density at radius 1 is 1.77 bits per heavy atom. The Morgan fingerprint density at radius 2 is 2.46 bits per heavy atom. The molecule has 2 amide bonds. The summed E-state index contributed by atoms with van der Waals surface area (Å²) in [6.45, 7) is 0.744. The van der Waals surface area contributed by atoms with Crippen LogP contribution >= 0.6 is 0 Å². The molecular weight excluding hydrogens is 174 g/mol. The standard InChI is InChI=1S/C7H13N3O3/c8-10(7(12)13)4-5-2-1-3-9-6(5)11/h5H,1-4,8H2,(H,9,11)(H,12,13).